The highest BCUT2D eigenvalue weighted by molar-refractivity contribution is 5.69. The van der Waals surface area contributed by atoms with Gasteiger partial charge in [-0.1, -0.05) is 213 Å². The minimum Gasteiger partial charge on any atom is -0.466 e. The molecule has 1 heterocycles. The van der Waals surface area contributed by atoms with Gasteiger partial charge < -0.3 is 33.5 Å². The average Bonchev–Trinajstić information content (AvgIpc) is 3.70. The van der Waals surface area contributed by atoms with Crippen molar-refractivity contribution in [3.05, 3.63) is 12.2 Å². The van der Waals surface area contributed by atoms with Crippen LogP contribution >= 0.6 is 0 Å². The van der Waals surface area contributed by atoms with Gasteiger partial charge in [0.15, 0.2) is 6.29 Å². The Morgan fingerprint density at radius 1 is 0.391 bits per heavy atom. The fourth-order valence-electron chi connectivity index (χ4n) is 12.4. The summed E-state index contributed by atoms with van der Waals surface area (Å²) in [6.07, 6.45) is 59.4. The molecule has 11 nitrogen and oxygen atoms in total. The number of hydrogen-bond acceptors (Lipinski definition) is 11. The van der Waals surface area contributed by atoms with Gasteiger partial charge in [-0.05, 0) is 176 Å². The highest BCUT2D eigenvalue weighted by Gasteiger charge is 2.28. The average molecular weight is 1230 g/mol. The third kappa shape index (κ3) is 55.7. The Labute approximate surface area is 541 Å². The Balaban J connectivity index is 2.60. The van der Waals surface area contributed by atoms with E-state index in [4.69, 9.17) is 23.7 Å². The van der Waals surface area contributed by atoms with Gasteiger partial charge >= 0.3 is 11.9 Å². The number of unbranched alkanes of at least 4 members (excludes halogenated alkanes) is 33. The Morgan fingerprint density at radius 3 is 1.14 bits per heavy atom. The summed E-state index contributed by atoms with van der Waals surface area (Å²) in [5.41, 5.74) is 0. The number of ether oxygens (including phenoxy) is 5. The van der Waals surface area contributed by atoms with Gasteiger partial charge in [-0.25, -0.2) is 0 Å². The second-order valence-corrected chi connectivity index (χ2v) is 26.7. The zero-order chi connectivity index (χ0) is 63.0. The quantitative estimate of drug-likeness (QED) is 0.0252. The van der Waals surface area contributed by atoms with Gasteiger partial charge in [0.1, 0.15) is 0 Å². The first-order chi connectivity index (χ1) is 42.8. The van der Waals surface area contributed by atoms with Gasteiger partial charge in [0.2, 0.25) is 0 Å². The first-order valence-corrected chi connectivity index (χ1v) is 38.4. The van der Waals surface area contributed by atoms with Crippen molar-refractivity contribution in [2.75, 3.05) is 105 Å². The smallest absolute Gasteiger partial charge is 0.305 e. The molecular weight excluding hydrogens is 1080 g/mol. The fourth-order valence-corrected chi connectivity index (χ4v) is 12.4. The Kier molecular flexibility index (Phi) is 63.2. The summed E-state index contributed by atoms with van der Waals surface area (Å²) in [6.45, 7) is 31.6. The van der Waals surface area contributed by atoms with E-state index in [0.29, 0.717) is 64.4 Å². The van der Waals surface area contributed by atoms with E-state index in [1.165, 1.54) is 264 Å². The van der Waals surface area contributed by atoms with E-state index in [0.717, 1.165) is 84.2 Å². The zero-order valence-electron chi connectivity index (χ0n) is 59.4. The SMILES string of the molecule is C/C=C/CCCCCN(CCCCOC(=O)CCCOCCCCCC)CCCCN1CC(C)N(CCCCN(CCCCCCCCCCCCCCCC)CCCCOC(=O)CCC(OCCCCCCCC)OCCCCCCCC)CC1C. The molecule has 1 aliphatic heterocycles. The molecule has 0 saturated carbocycles. The summed E-state index contributed by atoms with van der Waals surface area (Å²) in [4.78, 5) is 36.3. The van der Waals surface area contributed by atoms with Gasteiger partial charge in [-0.3, -0.25) is 19.4 Å². The third-order valence-electron chi connectivity index (χ3n) is 18.3. The van der Waals surface area contributed by atoms with Gasteiger partial charge in [-0.2, -0.15) is 0 Å². The van der Waals surface area contributed by atoms with Crippen LogP contribution in [-0.2, 0) is 33.3 Å². The lowest BCUT2D eigenvalue weighted by Gasteiger charge is -2.44. The van der Waals surface area contributed by atoms with Gasteiger partial charge in [0.25, 0.3) is 0 Å². The molecule has 0 spiro atoms. The van der Waals surface area contributed by atoms with Crippen molar-refractivity contribution in [3.63, 3.8) is 0 Å². The monoisotopic (exact) mass is 1230 g/mol. The van der Waals surface area contributed by atoms with E-state index >= 15 is 0 Å². The number of hydrogen-bond donors (Lipinski definition) is 0. The highest BCUT2D eigenvalue weighted by atomic mass is 16.7. The van der Waals surface area contributed by atoms with Gasteiger partial charge in [0.05, 0.1) is 19.6 Å². The topological polar surface area (TPSA) is 93.2 Å². The molecule has 2 atom stereocenters. The number of piperazine rings is 1. The number of carbonyl (C=O) groups excluding carboxylic acids is 2. The number of esters is 2. The van der Waals surface area contributed by atoms with Crippen molar-refractivity contribution in [1.29, 1.82) is 0 Å². The molecule has 1 saturated heterocycles. The van der Waals surface area contributed by atoms with Crippen molar-refractivity contribution >= 4 is 11.9 Å². The maximum absolute atomic E-state index is 13.0. The van der Waals surface area contributed by atoms with E-state index in [1.807, 2.05) is 0 Å². The van der Waals surface area contributed by atoms with Crippen LogP contribution in [0.4, 0.5) is 0 Å². The van der Waals surface area contributed by atoms with Crippen LogP contribution in [0.1, 0.15) is 344 Å². The van der Waals surface area contributed by atoms with Crippen LogP contribution < -0.4 is 0 Å². The Hall–Kier alpha value is -1.60. The van der Waals surface area contributed by atoms with E-state index in [-0.39, 0.29) is 18.2 Å². The van der Waals surface area contributed by atoms with Crippen molar-refractivity contribution in [1.82, 2.24) is 19.6 Å². The van der Waals surface area contributed by atoms with Crippen LogP contribution in [0.15, 0.2) is 12.2 Å². The largest absolute Gasteiger partial charge is 0.466 e. The van der Waals surface area contributed by atoms with Crippen LogP contribution in [0.5, 0.6) is 0 Å². The molecule has 1 rings (SSSR count). The second kappa shape index (κ2) is 65.9. The van der Waals surface area contributed by atoms with Crippen LogP contribution in [0.25, 0.3) is 0 Å². The lowest BCUT2D eigenvalue weighted by molar-refractivity contribution is -0.159. The van der Waals surface area contributed by atoms with Gasteiger partial charge in [0, 0.05) is 64.4 Å². The zero-order valence-corrected chi connectivity index (χ0v) is 59.4. The van der Waals surface area contributed by atoms with E-state index in [1.54, 1.807) is 0 Å². The van der Waals surface area contributed by atoms with E-state index in [9.17, 15) is 9.59 Å². The number of allylic oxidation sites excluding steroid dienone is 2. The molecule has 0 aromatic carbocycles. The minimum absolute atomic E-state index is 0.0788. The first kappa shape index (κ1) is 83.4. The van der Waals surface area contributed by atoms with Crippen LogP contribution in [0, 0.1) is 0 Å². The molecule has 1 aliphatic rings. The molecule has 0 amide bonds. The Morgan fingerprint density at radius 2 is 0.713 bits per heavy atom. The normalized spacial score (nSPS) is 15.1. The summed E-state index contributed by atoms with van der Waals surface area (Å²) >= 11 is 0. The molecule has 0 N–H and O–H groups in total. The maximum Gasteiger partial charge on any atom is 0.305 e. The summed E-state index contributed by atoms with van der Waals surface area (Å²) in [5, 5.41) is 0. The maximum atomic E-state index is 13.0. The molecule has 0 aliphatic carbocycles. The standard InChI is InChI=1S/C76H150N4O7/c1-8-13-18-23-27-28-29-30-31-32-33-34-36-40-57-78(61-46-51-67-85-75(82)54-55-76(86-68-48-37-25-20-15-10-3)87-69-49-38-26-21-16-11-4)59-42-44-63-80-71-72(6)79(70-73(80)7)62-43-41-58-77(56-39-35-24-19-14-9-2)60-45-50-66-84-74(81)53-52-65-83-64-47-22-17-12-5/h9,14,72-73,76H,8,10-13,15-71H2,1-7H3/b14-9+. The van der Waals surface area contributed by atoms with Crippen molar-refractivity contribution in [3.8, 4) is 0 Å². The van der Waals surface area contributed by atoms with E-state index < -0.39 is 0 Å². The Bertz CT molecular complexity index is 1440. The minimum atomic E-state index is -0.319. The lowest BCUT2D eigenvalue weighted by atomic mass is 10.0. The molecule has 516 valence electrons. The molecule has 0 aromatic rings. The molecule has 11 heteroatoms. The number of rotatable bonds is 69. The summed E-state index contributed by atoms with van der Waals surface area (Å²) in [5.74, 6) is -0.194. The summed E-state index contributed by atoms with van der Waals surface area (Å²) in [7, 11) is 0. The van der Waals surface area contributed by atoms with E-state index in [2.05, 4.69) is 80.2 Å². The van der Waals surface area contributed by atoms with Crippen molar-refractivity contribution < 1.29 is 33.3 Å². The predicted octanol–water partition coefficient (Wildman–Crippen LogP) is 20.0. The van der Waals surface area contributed by atoms with Crippen LogP contribution in [-0.4, -0.2) is 155 Å². The number of carbonyl (C=O) groups is 2. The molecule has 0 bridgehead atoms. The highest BCUT2D eigenvalue weighted by Crippen LogP contribution is 2.20. The van der Waals surface area contributed by atoms with Crippen LogP contribution in [0.3, 0.4) is 0 Å². The molecule has 87 heavy (non-hydrogen) atoms. The molecular formula is C76H150N4O7. The van der Waals surface area contributed by atoms with Crippen molar-refractivity contribution in [2.24, 2.45) is 0 Å². The number of nitrogens with zero attached hydrogens (tertiary/aromatic N) is 4. The predicted molar refractivity (Wildman–Crippen MR) is 373 cm³/mol. The third-order valence-corrected chi connectivity index (χ3v) is 18.3. The van der Waals surface area contributed by atoms with Crippen molar-refractivity contribution in [2.45, 2.75) is 362 Å². The summed E-state index contributed by atoms with van der Waals surface area (Å²) < 4.78 is 29.6. The first-order valence-electron chi connectivity index (χ1n) is 38.4. The lowest BCUT2D eigenvalue weighted by Crippen LogP contribution is -2.56. The molecule has 2 unspecified atom stereocenters. The molecule has 0 radical (unpaired) electrons. The van der Waals surface area contributed by atoms with Crippen LogP contribution in [0.2, 0.25) is 0 Å². The second-order valence-electron chi connectivity index (χ2n) is 26.7. The molecule has 1 fully saturated rings. The fraction of sp³-hybridized carbons (Fsp3) is 0.947. The molecule has 0 aromatic heterocycles. The summed E-state index contributed by atoms with van der Waals surface area (Å²) in [6, 6.07) is 1.16. The van der Waals surface area contributed by atoms with Gasteiger partial charge in [-0.15, -0.1) is 0 Å².